The van der Waals surface area contributed by atoms with Crippen molar-refractivity contribution in [1.29, 1.82) is 0 Å². The van der Waals surface area contributed by atoms with Gasteiger partial charge in [-0.05, 0) is 76.1 Å². The van der Waals surface area contributed by atoms with Gasteiger partial charge in [0.25, 0.3) is 0 Å². The van der Waals surface area contributed by atoms with Crippen molar-refractivity contribution in [3.8, 4) is 11.5 Å². The van der Waals surface area contributed by atoms with Gasteiger partial charge < -0.3 is 24.3 Å². The first kappa shape index (κ1) is 18.8. The highest BCUT2D eigenvalue weighted by Gasteiger charge is 2.13. The van der Waals surface area contributed by atoms with Gasteiger partial charge >= 0.3 is 0 Å². The van der Waals surface area contributed by atoms with Crippen LogP contribution >= 0.6 is 0 Å². The maximum atomic E-state index is 5.98. The quantitative estimate of drug-likeness (QED) is 0.522. The Morgan fingerprint density at radius 1 is 0.690 bits per heavy atom. The molecule has 154 valence electrons. The lowest BCUT2D eigenvalue weighted by atomic mass is 10.1. The standard InChI is InChI=1S/C24H31N3O2/c1-9-26(10-1)13-3-15-28-19-5-7-21-22-8-6-20(18-24(22)25-23(21)17-19)29-16-4-14-27-11-2-12-27/h5-8,17-18,25H,1-4,9-16H2. The third-order valence-electron chi connectivity index (χ3n) is 6.21. The number of fused-ring (bicyclic) bond motifs is 3. The molecule has 0 bridgehead atoms. The third-order valence-corrected chi connectivity index (χ3v) is 6.21. The molecule has 0 saturated carbocycles. The lowest BCUT2D eigenvalue weighted by molar-refractivity contribution is 0.165. The average molecular weight is 394 g/mol. The fraction of sp³-hybridized carbons (Fsp3) is 0.500. The Hall–Kier alpha value is -2.24. The van der Waals surface area contributed by atoms with Crippen molar-refractivity contribution in [2.45, 2.75) is 25.7 Å². The second kappa shape index (κ2) is 8.64. The van der Waals surface area contributed by atoms with Gasteiger partial charge in [-0.1, -0.05) is 0 Å². The number of aromatic nitrogens is 1. The third kappa shape index (κ3) is 4.36. The molecule has 1 aromatic heterocycles. The topological polar surface area (TPSA) is 40.7 Å². The first-order valence-corrected chi connectivity index (χ1v) is 11.1. The minimum atomic E-state index is 0.775. The minimum absolute atomic E-state index is 0.775. The van der Waals surface area contributed by atoms with Crippen LogP contribution in [0.15, 0.2) is 36.4 Å². The van der Waals surface area contributed by atoms with Crippen LogP contribution in [0.25, 0.3) is 21.8 Å². The number of nitrogens with one attached hydrogen (secondary N) is 1. The molecule has 0 unspecified atom stereocenters. The Balaban J connectivity index is 1.19. The largest absolute Gasteiger partial charge is 0.493 e. The zero-order valence-electron chi connectivity index (χ0n) is 17.2. The van der Waals surface area contributed by atoms with Crippen LogP contribution in [0, 0.1) is 0 Å². The molecular weight excluding hydrogens is 362 g/mol. The van der Waals surface area contributed by atoms with Crippen molar-refractivity contribution in [1.82, 2.24) is 14.8 Å². The number of rotatable bonds is 10. The number of likely N-dealkylation sites (tertiary alicyclic amines) is 2. The number of H-pyrrole nitrogens is 1. The molecular formula is C24H31N3O2. The van der Waals surface area contributed by atoms with Gasteiger partial charge in [-0.3, -0.25) is 0 Å². The fourth-order valence-electron chi connectivity index (χ4n) is 4.21. The van der Waals surface area contributed by atoms with Crippen LogP contribution in [0.5, 0.6) is 11.5 Å². The van der Waals surface area contributed by atoms with Crippen molar-refractivity contribution in [2.75, 3.05) is 52.5 Å². The summed E-state index contributed by atoms with van der Waals surface area (Å²) in [5, 5.41) is 2.47. The summed E-state index contributed by atoms with van der Waals surface area (Å²) in [6.07, 6.45) is 4.87. The summed E-state index contributed by atoms with van der Waals surface area (Å²) < 4.78 is 12.0. The molecule has 0 amide bonds. The molecule has 29 heavy (non-hydrogen) atoms. The van der Waals surface area contributed by atoms with E-state index in [1.54, 1.807) is 0 Å². The van der Waals surface area contributed by atoms with E-state index < -0.39 is 0 Å². The Labute approximate surface area is 172 Å². The fourth-order valence-corrected chi connectivity index (χ4v) is 4.21. The summed E-state index contributed by atoms with van der Waals surface area (Å²) in [6.45, 7) is 8.87. The van der Waals surface area contributed by atoms with E-state index in [2.05, 4.69) is 51.2 Å². The molecule has 5 heteroatoms. The number of benzene rings is 2. The summed E-state index contributed by atoms with van der Waals surface area (Å²) in [4.78, 5) is 8.50. The molecule has 2 aliphatic heterocycles. The summed E-state index contributed by atoms with van der Waals surface area (Å²) in [5.41, 5.74) is 2.24. The maximum Gasteiger partial charge on any atom is 0.121 e. The minimum Gasteiger partial charge on any atom is -0.493 e. The van der Waals surface area contributed by atoms with Crippen molar-refractivity contribution in [3.05, 3.63) is 36.4 Å². The summed E-state index contributed by atoms with van der Waals surface area (Å²) in [7, 11) is 0. The van der Waals surface area contributed by atoms with Gasteiger partial charge in [0, 0.05) is 36.0 Å². The predicted molar refractivity (Wildman–Crippen MR) is 118 cm³/mol. The van der Waals surface area contributed by atoms with Crippen LogP contribution in [-0.2, 0) is 0 Å². The Kier molecular flexibility index (Phi) is 5.59. The predicted octanol–water partition coefficient (Wildman–Crippen LogP) is 4.27. The summed E-state index contributed by atoms with van der Waals surface area (Å²) in [6, 6.07) is 12.7. The van der Waals surface area contributed by atoms with Crippen molar-refractivity contribution in [3.63, 3.8) is 0 Å². The molecule has 2 aliphatic rings. The zero-order valence-corrected chi connectivity index (χ0v) is 17.2. The van der Waals surface area contributed by atoms with Gasteiger partial charge in [-0.25, -0.2) is 0 Å². The number of hydrogen-bond acceptors (Lipinski definition) is 4. The van der Waals surface area contributed by atoms with E-state index in [9.17, 15) is 0 Å². The highest BCUT2D eigenvalue weighted by atomic mass is 16.5. The average Bonchev–Trinajstić information content (AvgIpc) is 3.01. The van der Waals surface area contributed by atoms with Gasteiger partial charge in [-0.15, -0.1) is 0 Å². The number of aromatic amines is 1. The molecule has 1 N–H and O–H groups in total. The van der Waals surface area contributed by atoms with Gasteiger partial charge in [0.15, 0.2) is 0 Å². The second-order valence-electron chi connectivity index (χ2n) is 8.33. The van der Waals surface area contributed by atoms with E-state index >= 15 is 0 Å². The van der Waals surface area contributed by atoms with Crippen LogP contribution < -0.4 is 9.47 Å². The molecule has 0 atom stereocenters. The normalized spacial score (nSPS) is 17.4. The van der Waals surface area contributed by atoms with E-state index in [1.807, 2.05) is 0 Å². The maximum absolute atomic E-state index is 5.98. The van der Waals surface area contributed by atoms with E-state index in [0.29, 0.717) is 0 Å². The summed E-state index contributed by atoms with van der Waals surface area (Å²) >= 11 is 0. The Morgan fingerprint density at radius 2 is 1.17 bits per heavy atom. The molecule has 0 radical (unpaired) electrons. The Bertz CT molecular complexity index is 883. The van der Waals surface area contributed by atoms with Gasteiger partial charge in [-0.2, -0.15) is 0 Å². The molecule has 2 fully saturated rings. The molecule has 0 spiro atoms. The second-order valence-corrected chi connectivity index (χ2v) is 8.33. The van der Waals surface area contributed by atoms with E-state index in [-0.39, 0.29) is 0 Å². The van der Waals surface area contributed by atoms with Crippen molar-refractivity contribution < 1.29 is 9.47 Å². The highest BCUT2D eigenvalue weighted by Crippen LogP contribution is 2.30. The lowest BCUT2D eigenvalue weighted by Crippen LogP contribution is -2.38. The van der Waals surface area contributed by atoms with Crippen molar-refractivity contribution in [2.24, 2.45) is 0 Å². The van der Waals surface area contributed by atoms with Gasteiger partial charge in [0.05, 0.1) is 24.2 Å². The Morgan fingerprint density at radius 3 is 1.59 bits per heavy atom. The van der Waals surface area contributed by atoms with E-state index in [0.717, 1.165) is 61.7 Å². The van der Waals surface area contributed by atoms with Crippen LogP contribution in [0.2, 0.25) is 0 Å². The van der Waals surface area contributed by atoms with Crippen LogP contribution in [0.1, 0.15) is 25.7 Å². The van der Waals surface area contributed by atoms with Crippen LogP contribution in [0.3, 0.4) is 0 Å². The molecule has 5 nitrogen and oxygen atoms in total. The van der Waals surface area contributed by atoms with Gasteiger partial charge in [0.1, 0.15) is 11.5 Å². The van der Waals surface area contributed by atoms with Crippen LogP contribution in [-0.4, -0.2) is 67.3 Å². The molecule has 2 aromatic carbocycles. The zero-order chi connectivity index (χ0) is 19.5. The SMILES string of the molecule is c1cc2c(cc1OCCCN1CCC1)[nH]c1cc(OCCCN3CCC3)ccc12. The first-order valence-electron chi connectivity index (χ1n) is 11.1. The monoisotopic (exact) mass is 393 g/mol. The molecule has 3 aromatic rings. The number of hydrogen-bond donors (Lipinski definition) is 1. The lowest BCUT2D eigenvalue weighted by Gasteiger charge is -2.30. The smallest absolute Gasteiger partial charge is 0.121 e. The number of ether oxygens (including phenoxy) is 2. The summed E-state index contributed by atoms with van der Waals surface area (Å²) in [5.74, 6) is 1.88. The first-order chi connectivity index (χ1) is 14.3. The molecule has 3 heterocycles. The van der Waals surface area contributed by atoms with Gasteiger partial charge in [0.2, 0.25) is 0 Å². The highest BCUT2D eigenvalue weighted by molar-refractivity contribution is 6.07. The van der Waals surface area contributed by atoms with Crippen molar-refractivity contribution >= 4 is 21.8 Å². The molecule has 5 rings (SSSR count). The molecule has 0 aliphatic carbocycles. The van der Waals surface area contributed by atoms with E-state index in [4.69, 9.17) is 9.47 Å². The van der Waals surface area contributed by atoms with E-state index in [1.165, 1.54) is 49.8 Å². The molecule has 2 saturated heterocycles. The van der Waals surface area contributed by atoms with Crippen LogP contribution in [0.4, 0.5) is 0 Å². The number of nitrogens with zero attached hydrogens (tertiary/aromatic N) is 2.